The highest BCUT2D eigenvalue weighted by Crippen LogP contribution is 2.27. The molecule has 0 aromatic carbocycles. The number of halogens is 1. The van der Waals surface area contributed by atoms with Crippen molar-refractivity contribution in [1.29, 1.82) is 0 Å². The van der Waals surface area contributed by atoms with Crippen molar-refractivity contribution in [3.63, 3.8) is 0 Å². The zero-order valence-electron chi connectivity index (χ0n) is 7.21. The van der Waals surface area contributed by atoms with Crippen LogP contribution in [0.1, 0.15) is 18.5 Å². The van der Waals surface area contributed by atoms with Gasteiger partial charge in [0.05, 0.1) is 5.02 Å². The van der Waals surface area contributed by atoms with Gasteiger partial charge < -0.3 is 10.7 Å². The molecular formula is C9H10ClN3. The van der Waals surface area contributed by atoms with Crippen LogP contribution < -0.4 is 5.73 Å². The Morgan fingerprint density at radius 1 is 1.62 bits per heavy atom. The molecule has 0 aliphatic carbocycles. The Hall–Kier alpha value is -1.06. The molecule has 0 spiro atoms. The molecule has 2 heterocycles. The molecule has 0 aliphatic rings. The highest BCUT2D eigenvalue weighted by atomic mass is 35.5. The SMILES string of the molecule is C[C@@H](N)c1c(Cl)cnc2[nH]ccc12. The first-order valence-electron chi connectivity index (χ1n) is 4.07. The molecule has 2 rings (SSSR count). The maximum Gasteiger partial charge on any atom is 0.137 e. The van der Waals surface area contributed by atoms with E-state index >= 15 is 0 Å². The van der Waals surface area contributed by atoms with Crippen molar-refractivity contribution in [2.75, 3.05) is 0 Å². The van der Waals surface area contributed by atoms with Gasteiger partial charge in [-0.1, -0.05) is 11.6 Å². The number of hydrogen-bond acceptors (Lipinski definition) is 2. The van der Waals surface area contributed by atoms with Crippen LogP contribution in [0.15, 0.2) is 18.5 Å². The van der Waals surface area contributed by atoms with Crippen molar-refractivity contribution in [2.24, 2.45) is 5.73 Å². The maximum atomic E-state index is 6.00. The quantitative estimate of drug-likeness (QED) is 0.733. The molecule has 1 atom stereocenters. The molecule has 13 heavy (non-hydrogen) atoms. The van der Waals surface area contributed by atoms with Gasteiger partial charge in [-0.3, -0.25) is 0 Å². The van der Waals surface area contributed by atoms with Crippen LogP contribution in [0.4, 0.5) is 0 Å². The van der Waals surface area contributed by atoms with E-state index in [4.69, 9.17) is 17.3 Å². The number of nitrogens with two attached hydrogens (primary N) is 1. The minimum atomic E-state index is -0.0752. The highest BCUT2D eigenvalue weighted by molar-refractivity contribution is 6.32. The fourth-order valence-corrected chi connectivity index (χ4v) is 1.79. The molecule has 0 aliphatic heterocycles. The van der Waals surface area contributed by atoms with Gasteiger partial charge in [0.2, 0.25) is 0 Å². The molecule has 0 unspecified atom stereocenters. The van der Waals surface area contributed by atoms with Gasteiger partial charge in [-0.15, -0.1) is 0 Å². The van der Waals surface area contributed by atoms with E-state index in [0.717, 1.165) is 16.6 Å². The van der Waals surface area contributed by atoms with E-state index in [9.17, 15) is 0 Å². The Morgan fingerprint density at radius 3 is 3.08 bits per heavy atom. The Kier molecular flexibility index (Phi) is 1.98. The summed E-state index contributed by atoms with van der Waals surface area (Å²) in [6.07, 6.45) is 3.46. The van der Waals surface area contributed by atoms with Gasteiger partial charge in [-0.2, -0.15) is 0 Å². The van der Waals surface area contributed by atoms with Crippen LogP contribution in [-0.4, -0.2) is 9.97 Å². The number of H-pyrrole nitrogens is 1. The Balaban J connectivity index is 2.80. The van der Waals surface area contributed by atoms with Crippen molar-refractivity contribution < 1.29 is 0 Å². The zero-order valence-corrected chi connectivity index (χ0v) is 7.97. The zero-order chi connectivity index (χ0) is 9.42. The van der Waals surface area contributed by atoms with Crippen LogP contribution in [0.2, 0.25) is 5.02 Å². The molecule has 0 radical (unpaired) electrons. The standard InChI is InChI=1S/C9H10ClN3/c1-5(11)8-6-2-3-12-9(6)13-4-7(8)10/h2-5H,11H2,1H3,(H,12,13)/t5-/m1/s1. The molecule has 0 saturated carbocycles. The van der Waals surface area contributed by atoms with E-state index in [1.165, 1.54) is 0 Å². The lowest BCUT2D eigenvalue weighted by Crippen LogP contribution is -2.06. The second-order valence-electron chi connectivity index (χ2n) is 3.05. The molecule has 0 fully saturated rings. The van der Waals surface area contributed by atoms with E-state index < -0.39 is 0 Å². The lowest BCUT2D eigenvalue weighted by Gasteiger charge is -2.08. The Bertz CT molecular complexity index is 433. The van der Waals surface area contributed by atoms with Crippen molar-refractivity contribution >= 4 is 22.6 Å². The summed E-state index contributed by atoms with van der Waals surface area (Å²) in [6.45, 7) is 1.91. The molecule has 0 saturated heterocycles. The normalized spacial score (nSPS) is 13.5. The maximum absolute atomic E-state index is 6.00. The van der Waals surface area contributed by atoms with Crippen molar-refractivity contribution in [1.82, 2.24) is 9.97 Å². The van der Waals surface area contributed by atoms with Crippen molar-refractivity contribution in [3.05, 3.63) is 29.0 Å². The number of aromatic nitrogens is 2. The van der Waals surface area contributed by atoms with Gasteiger partial charge in [0.25, 0.3) is 0 Å². The van der Waals surface area contributed by atoms with Crippen LogP contribution in [0.25, 0.3) is 11.0 Å². The summed E-state index contributed by atoms with van der Waals surface area (Å²) in [5, 5.41) is 1.63. The minimum Gasteiger partial charge on any atom is -0.346 e. The van der Waals surface area contributed by atoms with E-state index in [0.29, 0.717) is 5.02 Å². The first-order valence-corrected chi connectivity index (χ1v) is 4.45. The number of nitrogens with zero attached hydrogens (tertiary/aromatic N) is 1. The summed E-state index contributed by atoms with van der Waals surface area (Å²) in [4.78, 5) is 7.16. The monoisotopic (exact) mass is 195 g/mol. The third kappa shape index (κ3) is 1.30. The molecule has 0 bridgehead atoms. The fraction of sp³-hybridized carbons (Fsp3) is 0.222. The summed E-state index contributed by atoms with van der Waals surface area (Å²) in [7, 11) is 0. The van der Waals surface area contributed by atoms with Crippen LogP contribution in [-0.2, 0) is 0 Å². The van der Waals surface area contributed by atoms with Gasteiger partial charge in [0.1, 0.15) is 5.65 Å². The molecular weight excluding hydrogens is 186 g/mol. The number of fused-ring (bicyclic) bond motifs is 1. The summed E-state index contributed by atoms with van der Waals surface area (Å²) >= 11 is 6.00. The minimum absolute atomic E-state index is 0.0752. The molecule has 68 valence electrons. The first kappa shape index (κ1) is 8.53. The van der Waals surface area contributed by atoms with Gasteiger partial charge in [-0.25, -0.2) is 4.98 Å². The predicted octanol–water partition coefficient (Wildman–Crippen LogP) is 2.24. The summed E-state index contributed by atoms with van der Waals surface area (Å²) in [5.74, 6) is 0. The fourth-order valence-electron chi connectivity index (χ4n) is 1.47. The largest absolute Gasteiger partial charge is 0.346 e. The van der Waals surface area contributed by atoms with E-state index in [2.05, 4.69) is 9.97 Å². The topological polar surface area (TPSA) is 54.7 Å². The predicted molar refractivity (Wildman–Crippen MR) is 53.7 cm³/mol. The molecule has 2 aromatic rings. The second-order valence-corrected chi connectivity index (χ2v) is 3.46. The number of hydrogen-bond donors (Lipinski definition) is 2. The lowest BCUT2D eigenvalue weighted by atomic mass is 10.1. The number of pyridine rings is 1. The molecule has 4 heteroatoms. The van der Waals surface area contributed by atoms with Crippen LogP contribution >= 0.6 is 11.6 Å². The highest BCUT2D eigenvalue weighted by Gasteiger charge is 2.11. The summed E-state index contributed by atoms with van der Waals surface area (Å²) < 4.78 is 0. The van der Waals surface area contributed by atoms with Gasteiger partial charge in [0.15, 0.2) is 0 Å². The van der Waals surface area contributed by atoms with E-state index in [1.54, 1.807) is 6.20 Å². The Labute approximate surface area is 80.9 Å². The molecule has 3 N–H and O–H groups in total. The number of rotatable bonds is 1. The van der Waals surface area contributed by atoms with Gasteiger partial charge in [0, 0.05) is 23.8 Å². The van der Waals surface area contributed by atoms with E-state index in [-0.39, 0.29) is 6.04 Å². The van der Waals surface area contributed by atoms with Crippen LogP contribution in [0.5, 0.6) is 0 Å². The molecule has 0 amide bonds. The average molecular weight is 196 g/mol. The van der Waals surface area contributed by atoms with E-state index in [1.807, 2.05) is 19.2 Å². The number of nitrogens with one attached hydrogen (secondary N) is 1. The van der Waals surface area contributed by atoms with Gasteiger partial charge in [-0.05, 0) is 18.6 Å². The first-order chi connectivity index (χ1) is 6.20. The second kappa shape index (κ2) is 3.01. The van der Waals surface area contributed by atoms with Crippen molar-refractivity contribution in [3.8, 4) is 0 Å². The lowest BCUT2D eigenvalue weighted by molar-refractivity contribution is 0.825. The van der Waals surface area contributed by atoms with Crippen LogP contribution in [0.3, 0.4) is 0 Å². The smallest absolute Gasteiger partial charge is 0.137 e. The third-order valence-corrected chi connectivity index (χ3v) is 2.34. The molecule has 3 nitrogen and oxygen atoms in total. The average Bonchev–Trinajstić information content (AvgIpc) is 2.50. The van der Waals surface area contributed by atoms with Crippen molar-refractivity contribution in [2.45, 2.75) is 13.0 Å². The molecule has 2 aromatic heterocycles. The van der Waals surface area contributed by atoms with Gasteiger partial charge >= 0.3 is 0 Å². The third-order valence-electron chi connectivity index (χ3n) is 2.03. The van der Waals surface area contributed by atoms with Crippen LogP contribution in [0, 0.1) is 0 Å². The number of aromatic amines is 1. The summed E-state index contributed by atoms with van der Waals surface area (Å²) in [5.41, 5.74) is 7.60. The Morgan fingerprint density at radius 2 is 2.38 bits per heavy atom. The summed E-state index contributed by atoms with van der Waals surface area (Å²) in [6, 6.07) is 1.86.